The minimum absolute atomic E-state index is 0.100. The lowest BCUT2D eigenvalue weighted by molar-refractivity contribution is -0.387. The number of hydroxylamine groups is 1. The minimum atomic E-state index is -1.04. The SMILES string of the molecule is O=C(NOC(c1ccccc1)(c1ccccc1)c1ccccc1)C1CCN(CCN(Cc2ccc(Br)cc2)Sc2ccccc2[N+](=O)[O-])CC1. The third-order valence-electron chi connectivity index (χ3n) is 9.03. The maximum atomic E-state index is 13.7. The summed E-state index contributed by atoms with van der Waals surface area (Å²) in [6.45, 7) is 3.63. The van der Waals surface area contributed by atoms with Crippen molar-refractivity contribution < 1.29 is 14.6 Å². The fourth-order valence-corrected chi connectivity index (χ4v) is 7.66. The Morgan fingerprint density at radius 1 is 0.820 bits per heavy atom. The number of nitro groups is 1. The highest BCUT2D eigenvalue weighted by Gasteiger charge is 2.39. The van der Waals surface area contributed by atoms with Crippen LogP contribution in [0.2, 0.25) is 0 Å². The van der Waals surface area contributed by atoms with Crippen LogP contribution in [0.1, 0.15) is 35.1 Å². The quantitative estimate of drug-likeness (QED) is 0.0527. The van der Waals surface area contributed by atoms with Gasteiger partial charge in [0.25, 0.3) is 5.69 Å². The van der Waals surface area contributed by atoms with E-state index in [2.05, 4.69) is 42.7 Å². The van der Waals surface area contributed by atoms with Gasteiger partial charge in [-0.1, -0.05) is 131 Å². The predicted molar refractivity (Wildman–Crippen MR) is 201 cm³/mol. The van der Waals surface area contributed by atoms with E-state index in [1.165, 1.54) is 11.9 Å². The van der Waals surface area contributed by atoms with E-state index in [9.17, 15) is 14.9 Å². The number of nitro benzene ring substituents is 1. The average Bonchev–Trinajstić information content (AvgIpc) is 3.16. The number of halogens is 1. The van der Waals surface area contributed by atoms with Crippen molar-refractivity contribution in [2.75, 3.05) is 26.2 Å². The van der Waals surface area contributed by atoms with Crippen LogP contribution in [-0.4, -0.2) is 46.2 Å². The fraction of sp³-hybridized carbons (Fsp3) is 0.225. The molecule has 0 spiro atoms. The fourth-order valence-electron chi connectivity index (χ4n) is 6.35. The molecule has 1 heterocycles. The maximum Gasteiger partial charge on any atom is 0.284 e. The summed E-state index contributed by atoms with van der Waals surface area (Å²) in [5, 5.41) is 11.7. The Morgan fingerprint density at radius 3 is 1.88 bits per heavy atom. The van der Waals surface area contributed by atoms with Crippen LogP contribution in [-0.2, 0) is 21.8 Å². The molecule has 256 valence electrons. The van der Waals surface area contributed by atoms with Gasteiger partial charge in [-0.25, -0.2) is 9.79 Å². The molecule has 8 nitrogen and oxygen atoms in total. The number of benzene rings is 5. The second kappa shape index (κ2) is 17.1. The number of hydrogen-bond donors (Lipinski definition) is 1. The highest BCUT2D eigenvalue weighted by atomic mass is 79.9. The second-order valence-electron chi connectivity index (χ2n) is 12.3. The zero-order valence-corrected chi connectivity index (χ0v) is 30.0. The molecule has 0 bridgehead atoms. The Kier molecular flexibility index (Phi) is 12.1. The highest BCUT2D eigenvalue weighted by molar-refractivity contribution is 9.10. The Balaban J connectivity index is 1.11. The Labute approximate surface area is 305 Å². The highest BCUT2D eigenvalue weighted by Crippen LogP contribution is 2.40. The molecule has 6 rings (SSSR count). The topological polar surface area (TPSA) is 88.0 Å². The zero-order chi connectivity index (χ0) is 34.8. The lowest BCUT2D eigenvalue weighted by Gasteiger charge is -2.36. The summed E-state index contributed by atoms with van der Waals surface area (Å²) in [7, 11) is 0. The van der Waals surface area contributed by atoms with Crippen LogP contribution in [0.5, 0.6) is 0 Å². The first-order valence-corrected chi connectivity index (χ1v) is 18.3. The van der Waals surface area contributed by atoms with Gasteiger partial charge in [-0.15, -0.1) is 0 Å². The first-order chi connectivity index (χ1) is 24.4. The van der Waals surface area contributed by atoms with Gasteiger partial charge in [-0.05, 0) is 78.3 Å². The normalized spacial score (nSPS) is 14.0. The Morgan fingerprint density at radius 2 is 1.34 bits per heavy atom. The summed E-state index contributed by atoms with van der Waals surface area (Å²) in [6.07, 6.45) is 1.41. The van der Waals surface area contributed by atoms with Crippen molar-refractivity contribution >= 4 is 39.5 Å². The number of likely N-dealkylation sites (tertiary alicyclic amines) is 1. The van der Waals surface area contributed by atoms with Gasteiger partial charge in [0.15, 0.2) is 5.60 Å². The molecule has 1 aliphatic heterocycles. The van der Waals surface area contributed by atoms with Crippen LogP contribution in [0, 0.1) is 16.0 Å². The molecule has 5 aromatic carbocycles. The lowest BCUT2D eigenvalue weighted by Crippen LogP contribution is -2.45. The number of nitrogens with zero attached hydrogens (tertiary/aromatic N) is 3. The van der Waals surface area contributed by atoms with Gasteiger partial charge in [-0.3, -0.25) is 19.7 Å². The molecule has 1 amide bonds. The maximum absolute atomic E-state index is 13.7. The summed E-state index contributed by atoms with van der Waals surface area (Å²) in [6, 6.07) is 45.0. The van der Waals surface area contributed by atoms with Gasteiger partial charge in [0.05, 0.1) is 4.92 Å². The van der Waals surface area contributed by atoms with E-state index in [1.807, 2.05) is 109 Å². The Bertz CT molecular complexity index is 1740. The first kappa shape index (κ1) is 35.5. The first-order valence-electron chi connectivity index (χ1n) is 16.7. The molecular weight excluding hydrogens is 712 g/mol. The van der Waals surface area contributed by atoms with Crippen LogP contribution in [0.3, 0.4) is 0 Å². The molecule has 1 fully saturated rings. The van der Waals surface area contributed by atoms with Crippen LogP contribution >= 0.6 is 27.9 Å². The van der Waals surface area contributed by atoms with Gasteiger partial charge < -0.3 is 4.90 Å². The van der Waals surface area contributed by atoms with Crippen LogP contribution in [0.15, 0.2) is 149 Å². The molecule has 0 radical (unpaired) electrons. The molecule has 1 aliphatic rings. The number of rotatable bonds is 14. The molecule has 1 N–H and O–H groups in total. The van der Waals surface area contributed by atoms with Crippen molar-refractivity contribution in [2.45, 2.75) is 29.9 Å². The van der Waals surface area contributed by atoms with E-state index in [1.54, 1.807) is 18.2 Å². The molecule has 50 heavy (non-hydrogen) atoms. The second-order valence-corrected chi connectivity index (χ2v) is 14.3. The van der Waals surface area contributed by atoms with Crippen molar-refractivity contribution in [2.24, 2.45) is 5.92 Å². The molecular formula is C40H39BrN4O4S. The number of amides is 1. The van der Waals surface area contributed by atoms with Gasteiger partial charge in [0, 0.05) is 36.1 Å². The largest absolute Gasteiger partial charge is 0.302 e. The lowest BCUT2D eigenvalue weighted by atomic mass is 9.80. The van der Waals surface area contributed by atoms with Crippen molar-refractivity contribution in [3.8, 4) is 0 Å². The standard InChI is InChI=1S/C40H39BrN4O4S/c41-36-22-20-31(21-23-36)30-44(50-38-19-11-10-18-37(38)45(47)48)29-28-43-26-24-32(25-27-43)39(46)42-49-40(33-12-4-1-5-13-33,34-14-6-2-7-15-34)35-16-8-3-9-17-35/h1-23,32H,24-30H2,(H,42,46). The Hall–Kier alpha value is -4.32. The smallest absolute Gasteiger partial charge is 0.284 e. The van der Waals surface area contributed by atoms with Crippen molar-refractivity contribution in [1.82, 2.24) is 14.7 Å². The molecule has 0 saturated carbocycles. The zero-order valence-electron chi connectivity index (χ0n) is 27.6. The van der Waals surface area contributed by atoms with Crippen LogP contribution in [0.25, 0.3) is 0 Å². The van der Waals surface area contributed by atoms with Gasteiger partial charge in [-0.2, -0.15) is 0 Å². The van der Waals surface area contributed by atoms with E-state index in [0.717, 1.165) is 46.4 Å². The van der Waals surface area contributed by atoms with E-state index < -0.39 is 5.60 Å². The molecule has 0 aliphatic carbocycles. The summed E-state index contributed by atoms with van der Waals surface area (Å²) in [5.74, 6) is -0.313. The number of piperidine rings is 1. The number of carbonyl (C=O) groups excluding carboxylic acids is 1. The van der Waals surface area contributed by atoms with Crippen LogP contribution in [0.4, 0.5) is 5.69 Å². The molecule has 0 aromatic heterocycles. The molecule has 10 heteroatoms. The summed E-state index contributed by atoms with van der Waals surface area (Å²) < 4.78 is 3.18. The summed E-state index contributed by atoms with van der Waals surface area (Å²) in [4.78, 5) is 34.7. The third kappa shape index (κ3) is 8.69. The molecule has 1 saturated heterocycles. The summed E-state index contributed by atoms with van der Waals surface area (Å²) >= 11 is 4.92. The van der Waals surface area contributed by atoms with E-state index in [0.29, 0.717) is 30.8 Å². The third-order valence-corrected chi connectivity index (χ3v) is 10.7. The summed E-state index contributed by atoms with van der Waals surface area (Å²) in [5.41, 5.74) is 5.83. The number of hydrogen-bond acceptors (Lipinski definition) is 7. The van der Waals surface area contributed by atoms with Gasteiger partial charge >= 0.3 is 0 Å². The average molecular weight is 752 g/mol. The molecule has 0 atom stereocenters. The molecule has 0 unspecified atom stereocenters. The number of carbonyl (C=O) groups is 1. The molecule has 5 aromatic rings. The number of nitrogens with one attached hydrogen (secondary N) is 1. The van der Waals surface area contributed by atoms with Crippen molar-refractivity contribution in [3.05, 3.63) is 176 Å². The van der Waals surface area contributed by atoms with E-state index >= 15 is 0 Å². The predicted octanol–water partition coefficient (Wildman–Crippen LogP) is 8.62. The van der Waals surface area contributed by atoms with Gasteiger partial charge in [0.1, 0.15) is 4.90 Å². The van der Waals surface area contributed by atoms with Crippen molar-refractivity contribution in [3.63, 3.8) is 0 Å². The number of para-hydroxylation sites is 1. The van der Waals surface area contributed by atoms with E-state index in [-0.39, 0.29) is 22.4 Å². The van der Waals surface area contributed by atoms with Crippen LogP contribution < -0.4 is 5.48 Å². The van der Waals surface area contributed by atoms with Crippen molar-refractivity contribution in [1.29, 1.82) is 0 Å². The minimum Gasteiger partial charge on any atom is -0.302 e. The monoisotopic (exact) mass is 750 g/mol. The van der Waals surface area contributed by atoms with Gasteiger partial charge in [0.2, 0.25) is 5.91 Å². The van der Waals surface area contributed by atoms with E-state index in [4.69, 9.17) is 4.84 Å².